The third-order valence-electron chi connectivity index (χ3n) is 4.20. The van der Waals surface area contributed by atoms with E-state index in [1.807, 2.05) is 19.1 Å². The number of benzene rings is 1. The van der Waals surface area contributed by atoms with Crippen molar-refractivity contribution in [1.82, 2.24) is 10.6 Å². The number of carbonyl (C=O) groups is 1. The van der Waals surface area contributed by atoms with E-state index in [2.05, 4.69) is 17.6 Å². The molecule has 1 aromatic heterocycles. The highest BCUT2D eigenvalue weighted by Crippen LogP contribution is 2.30. The molecule has 2 N–H and O–H groups in total. The molecule has 0 radical (unpaired) electrons. The Morgan fingerprint density at radius 1 is 1.48 bits per heavy atom. The van der Waals surface area contributed by atoms with Crippen molar-refractivity contribution in [1.29, 1.82) is 0 Å². The van der Waals surface area contributed by atoms with Gasteiger partial charge in [0, 0.05) is 23.0 Å². The number of para-hydroxylation sites is 1. The molecule has 0 spiro atoms. The molecule has 1 aliphatic rings. The molecule has 1 aliphatic heterocycles. The van der Waals surface area contributed by atoms with Crippen LogP contribution in [0, 0.1) is 6.92 Å². The summed E-state index contributed by atoms with van der Waals surface area (Å²) in [6.07, 6.45) is 2.06. The Morgan fingerprint density at radius 2 is 2.29 bits per heavy atom. The predicted octanol–water partition coefficient (Wildman–Crippen LogP) is 3.26. The average molecular weight is 307 g/mol. The second kappa shape index (κ2) is 5.70. The van der Waals surface area contributed by atoms with Gasteiger partial charge in [-0.15, -0.1) is 0 Å². The van der Waals surface area contributed by atoms with E-state index < -0.39 is 0 Å². The summed E-state index contributed by atoms with van der Waals surface area (Å²) in [7, 11) is 0. The van der Waals surface area contributed by atoms with Gasteiger partial charge in [0.1, 0.15) is 0 Å². The van der Waals surface area contributed by atoms with Crippen molar-refractivity contribution in [2.75, 3.05) is 6.54 Å². The fourth-order valence-electron chi connectivity index (χ4n) is 2.90. The molecule has 2 atom stereocenters. The van der Waals surface area contributed by atoms with Gasteiger partial charge in [-0.1, -0.05) is 23.7 Å². The molecule has 1 aromatic carbocycles. The summed E-state index contributed by atoms with van der Waals surface area (Å²) in [5.74, 6) is 0.191. The minimum Gasteiger partial charge on any atom is -0.449 e. The Kier molecular flexibility index (Phi) is 3.91. The van der Waals surface area contributed by atoms with Gasteiger partial charge in [0.05, 0.1) is 5.02 Å². The van der Waals surface area contributed by atoms with Crippen molar-refractivity contribution in [2.45, 2.75) is 38.8 Å². The number of amides is 1. The lowest BCUT2D eigenvalue weighted by Crippen LogP contribution is -2.51. The smallest absolute Gasteiger partial charge is 0.287 e. The van der Waals surface area contributed by atoms with Crippen molar-refractivity contribution in [3.05, 3.63) is 34.5 Å². The summed E-state index contributed by atoms with van der Waals surface area (Å²) >= 11 is 6.13. The third kappa shape index (κ3) is 2.65. The lowest BCUT2D eigenvalue weighted by atomic mass is 9.99. The standard InChI is InChI=1S/C16H19ClN2O2/c1-9-11-5-3-6-12(17)15(11)21-14(9)16(20)19-13-7-4-8-18-10(13)2/h3,5-6,10,13,18H,4,7-8H2,1-2H3,(H,19,20). The molecule has 0 saturated carbocycles. The average Bonchev–Trinajstić information content (AvgIpc) is 2.81. The van der Waals surface area contributed by atoms with Gasteiger partial charge in [-0.25, -0.2) is 0 Å². The van der Waals surface area contributed by atoms with Crippen LogP contribution in [0.2, 0.25) is 5.02 Å². The van der Waals surface area contributed by atoms with E-state index in [0.717, 1.165) is 30.3 Å². The first-order chi connectivity index (χ1) is 10.1. The summed E-state index contributed by atoms with van der Waals surface area (Å²) in [5, 5.41) is 7.86. The molecule has 5 heteroatoms. The number of hydrogen-bond acceptors (Lipinski definition) is 3. The van der Waals surface area contributed by atoms with Crippen LogP contribution in [0.15, 0.2) is 22.6 Å². The lowest BCUT2D eigenvalue weighted by molar-refractivity contribution is 0.0893. The first-order valence-electron chi connectivity index (χ1n) is 7.30. The van der Waals surface area contributed by atoms with E-state index in [-0.39, 0.29) is 18.0 Å². The Labute approximate surface area is 128 Å². The Bertz CT molecular complexity index is 680. The number of halogens is 1. The van der Waals surface area contributed by atoms with Gasteiger partial charge in [0.2, 0.25) is 0 Å². The fraction of sp³-hybridized carbons (Fsp3) is 0.438. The van der Waals surface area contributed by atoms with E-state index in [1.54, 1.807) is 6.07 Å². The molecule has 112 valence electrons. The zero-order chi connectivity index (χ0) is 15.0. The second-order valence-corrected chi connectivity index (χ2v) is 6.04. The fourth-order valence-corrected chi connectivity index (χ4v) is 3.11. The molecule has 2 aromatic rings. The summed E-state index contributed by atoms with van der Waals surface area (Å²) < 4.78 is 5.70. The maximum Gasteiger partial charge on any atom is 0.287 e. The maximum absolute atomic E-state index is 12.5. The summed E-state index contributed by atoms with van der Waals surface area (Å²) in [5.41, 5.74) is 1.41. The number of piperidine rings is 1. The van der Waals surface area contributed by atoms with Gasteiger partial charge in [0.25, 0.3) is 5.91 Å². The van der Waals surface area contributed by atoms with E-state index in [1.165, 1.54) is 0 Å². The molecular weight excluding hydrogens is 288 g/mol. The quantitative estimate of drug-likeness (QED) is 0.895. The van der Waals surface area contributed by atoms with Crippen LogP contribution >= 0.6 is 11.6 Å². The van der Waals surface area contributed by atoms with Crippen LogP contribution in [0.1, 0.15) is 35.9 Å². The van der Waals surface area contributed by atoms with Crippen molar-refractivity contribution in [3.63, 3.8) is 0 Å². The van der Waals surface area contributed by atoms with Gasteiger partial charge in [0.15, 0.2) is 11.3 Å². The first-order valence-corrected chi connectivity index (χ1v) is 7.67. The SMILES string of the molecule is Cc1c(C(=O)NC2CCCNC2C)oc2c(Cl)cccc12. The van der Waals surface area contributed by atoms with Crippen molar-refractivity contribution in [3.8, 4) is 0 Å². The Balaban J connectivity index is 1.88. The van der Waals surface area contributed by atoms with Crippen molar-refractivity contribution < 1.29 is 9.21 Å². The normalized spacial score (nSPS) is 22.4. The van der Waals surface area contributed by atoms with E-state index in [9.17, 15) is 4.79 Å². The monoisotopic (exact) mass is 306 g/mol. The number of rotatable bonds is 2. The van der Waals surface area contributed by atoms with Crippen LogP contribution < -0.4 is 10.6 Å². The highest BCUT2D eigenvalue weighted by Gasteiger charge is 2.26. The summed E-state index contributed by atoms with van der Waals surface area (Å²) in [6.45, 7) is 4.99. The molecule has 0 bridgehead atoms. The molecule has 1 amide bonds. The largest absolute Gasteiger partial charge is 0.449 e. The zero-order valence-electron chi connectivity index (χ0n) is 12.2. The molecule has 2 heterocycles. The minimum atomic E-state index is -0.166. The van der Waals surface area contributed by atoms with Gasteiger partial charge in [-0.3, -0.25) is 4.79 Å². The lowest BCUT2D eigenvalue weighted by Gasteiger charge is -2.30. The highest BCUT2D eigenvalue weighted by atomic mass is 35.5. The highest BCUT2D eigenvalue weighted by molar-refractivity contribution is 6.35. The van der Waals surface area contributed by atoms with Crippen LogP contribution in [-0.4, -0.2) is 24.5 Å². The van der Waals surface area contributed by atoms with Crippen LogP contribution in [0.4, 0.5) is 0 Å². The maximum atomic E-state index is 12.5. The molecular formula is C16H19ClN2O2. The first kappa shape index (κ1) is 14.4. The zero-order valence-corrected chi connectivity index (χ0v) is 13.0. The molecule has 1 fully saturated rings. The van der Waals surface area contributed by atoms with Gasteiger partial charge in [-0.05, 0) is 39.3 Å². The minimum absolute atomic E-state index is 0.134. The molecule has 2 unspecified atom stereocenters. The van der Waals surface area contributed by atoms with E-state index in [0.29, 0.717) is 16.4 Å². The molecule has 4 nitrogen and oxygen atoms in total. The summed E-state index contributed by atoms with van der Waals surface area (Å²) in [4.78, 5) is 12.5. The van der Waals surface area contributed by atoms with Crippen molar-refractivity contribution in [2.24, 2.45) is 0 Å². The molecule has 0 aliphatic carbocycles. The number of hydrogen-bond donors (Lipinski definition) is 2. The Hall–Kier alpha value is -1.52. The van der Waals surface area contributed by atoms with Crippen LogP contribution in [0.3, 0.4) is 0 Å². The molecule has 3 rings (SSSR count). The number of furan rings is 1. The molecule has 21 heavy (non-hydrogen) atoms. The van der Waals surface area contributed by atoms with Crippen molar-refractivity contribution >= 4 is 28.5 Å². The predicted molar refractivity (Wildman–Crippen MR) is 83.9 cm³/mol. The van der Waals surface area contributed by atoms with E-state index >= 15 is 0 Å². The number of nitrogens with one attached hydrogen (secondary N) is 2. The second-order valence-electron chi connectivity index (χ2n) is 5.64. The van der Waals surface area contributed by atoms with Gasteiger partial charge in [-0.2, -0.15) is 0 Å². The van der Waals surface area contributed by atoms with Crippen LogP contribution in [-0.2, 0) is 0 Å². The van der Waals surface area contributed by atoms with Crippen LogP contribution in [0.25, 0.3) is 11.0 Å². The van der Waals surface area contributed by atoms with Crippen LogP contribution in [0.5, 0.6) is 0 Å². The van der Waals surface area contributed by atoms with E-state index in [4.69, 9.17) is 16.0 Å². The van der Waals surface area contributed by atoms with Gasteiger partial charge >= 0.3 is 0 Å². The van der Waals surface area contributed by atoms with Gasteiger partial charge < -0.3 is 15.1 Å². The summed E-state index contributed by atoms with van der Waals surface area (Å²) in [6, 6.07) is 5.95. The number of aryl methyl sites for hydroxylation is 1. The third-order valence-corrected chi connectivity index (χ3v) is 4.50. The number of fused-ring (bicyclic) bond motifs is 1. The molecule has 1 saturated heterocycles. The Morgan fingerprint density at radius 3 is 3.00 bits per heavy atom. The number of carbonyl (C=O) groups excluding carboxylic acids is 1. The topological polar surface area (TPSA) is 54.3 Å².